The molecule has 2 aromatic heterocycles. The summed E-state index contributed by atoms with van der Waals surface area (Å²) < 4.78 is 5.37. The van der Waals surface area contributed by atoms with Crippen LogP contribution in [-0.2, 0) is 17.7 Å². The number of hydrogen-bond acceptors (Lipinski definition) is 6. The molecule has 9 heteroatoms. The maximum atomic E-state index is 12.3. The number of aromatic nitrogens is 2. The number of carboxylic acid groups (broad SMARTS) is 1. The highest BCUT2D eigenvalue weighted by atomic mass is 32.1. The van der Waals surface area contributed by atoms with E-state index in [9.17, 15) is 14.4 Å². The Hall–Kier alpha value is -2.42. The molecule has 0 spiro atoms. The average molecular weight is 351 g/mol. The van der Waals surface area contributed by atoms with Crippen molar-refractivity contribution in [3.05, 3.63) is 26.6 Å². The summed E-state index contributed by atoms with van der Waals surface area (Å²) in [6.07, 6.45) is 0.149. The summed E-state index contributed by atoms with van der Waals surface area (Å²) in [5.74, 6) is -1.66. The van der Waals surface area contributed by atoms with Crippen molar-refractivity contribution >= 4 is 33.6 Å². The summed E-state index contributed by atoms with van der Waals surface area (Å²) >= 11 is 1.30. The van der Waals surface area contributed by atoms with Gasteiger partial charge in [0.05, 0.1) is 11.9 Å². The van der Waals surface area contributed by atoms with Crippen LogP contribution in [0.4, 0.5) is 4.79 Å². The van der Waals surface area contributed by atoms with Gasteiger partial charge in [0.2, 0.25) is 5.82 Å². The van der Waals surface area contributed by atoms with E-state index in [1.165, 1.54) is 11.3 Å². The number of nitrogens with zero attached hydrogens (tertiary/aromatic N) is 2. The van der Waals surface area contributed by atoms with Gasteiger partial charge in [-0.15, -0.1) is 11.3 Å². The van der Waals surface area contributed by atoms with Gasteiger partial charge >= 0.3 is 12.1 Å². The maximum absolute atomic E-state index is 12.3. The molecular weight excluding hydrogens is 334 g/mol. The maximum Gasteiger partial charge on any atom is 0.410 e. The minimum atomic E-state index is -1.28. The van der Waals surface area contributed by atoms with Gasteiger partial charge in [0.1, 0.15) is 10.4 Å². The molecule has 1 aliphatic heterocycles. The van der Waals surface area contributed by atoms with Gasteiger partial charge in [-0.05, 0) is 27.2 Å². The molecular formula is C15H17N3O5S. The molecule has 0 saturated heterocycles. The average Bonchev–Trinajstić information content (AvgIpc) is 2.82. The third kappa shape index (κ3) is 2.99. The number of carbonyl (C=O) groups excluding carboxylic acids is 1. The third-order valence-corrected chi connectivity index (χ3v) is 4.74. The van der Waals surface area contributed by atoms with Crippen molar-refractivity contribution in [3.8, 4) is 0 Å². The number of thiophene rings is 1. The van der Waals surface area contributed by atoms with Crippen LogP contribution < -0.4 is 5.56 Å². The van der Waals surface area contributed by atoms with Crippen LogP contribution >= 0.6 is 11.3 Å². The number of fused-ring (bicyclic) bond motifs is 3. The molecule has 0 unspecified atom stereocenters. The lowest BCUT2D eigenvalue weighted by Gasteiger charge is -2.30. The number of hydrogen-bond donors (Lipinski definition) is 2. The fourth-order valence-corrected chi connectivity index (χ4v) is 3.74. The number of carboxylic acids is 1. The Morgan fingerprint density at radius 2 is 2.08 bits per heavy atom. The van der Waals surface area contributed by atoms with Gasteiger partial charge < -0.3 is 19.7 Å². The van der Waals surface area contributed by atoms with Gasteiger partial charge in [0.25, 0.3) is 5.56 Å². The van der Waals surface area contributed by atoms with E-state index in [-0.39, 0.29) is 12.4 Å². The van der Waals surface area contributed by atoms with E-state index < -0.39 is 23.2 Å². The zero-order valence-corrected chi connectivity index (χ0v) is 14.3. The Balaban J connectivity index is 1.98. The molecule has 3 rings (SSSR count). The Morgan fingerprint density at radius 3 is 2.71 bits per heavy atom. The lowest BCUT2D eigenvalue weighted by Crippen LogP contribution is -2.39. The minimum Gasteiger partial charge on any atom is -0.475 e. The summed E-state index contributed by atoms with van der Waals surface area (Å²) in [5, 5.41) is 9.35. The highest BCUT2D eigenvalue weighted by molar-refractivity contribution is 7.18. The smallest absolute Gasteiger partial charge is 0.410 e. The Kier molecular flexibility index (Phi) is 3.83. The second-order valence-corrected chi connectivity index (χ2v) is 7.64. The first-order chi connectivity index (χ1) is 11.2. The summed E-state index contributed by atoms with van der Waals surface area (Å²) in [6, 6.07) is 0. The van der Waals surface area contributed by atoms with Crippen LogP contribution in [-0.4, -0.2) is 44.2 Å². The van der Waals surface area contributed by atoms with Crippen LogP contribution in [0.25, 0.3) is 10.2 Å². The van der Waals surface area contributed by atoms with Crippen molar-refractivity contribution < 1.29 is 19.4 Å². The first-order valence-electron chi connectivity index (χ1n) is 7.41. The van der Waals surface area contributed by atoms with Crippen molar-refractivity contribution in [1.29, 1.82) is 0 Å². The Bertz CT molecular complexity index is 893. The minimum absolute atomic E-state index is 0.251. The standard InChI is InChI=1S/C15H17N3O5S/c1-15(2,3)23-14(22)18-5-4-8-7(6-18)9-11(19)16-10(13(20)21)17-12(9)24-8/h4-6H2,1-3H3,(H,20,21)(H,16,17,19). The summed E-state index contributed by atoms with van der Waals surface area (Å²) in [4.78, 5) is 44.7. The largest absolute Gasteiger partial charge is 0.475 e. The number of rotatable bonds is 1. The number of nitrogens with one attached hydrogen (secondary N) is 1. The third-order valence-electron chi connectivity index (χ3n) is 3.56. The number of carbonyl (C=O) groups is 2. The Morgan fingerprint density at radius 1 is 1.38 bits per heavy atom. The molecule has 1 amide bonds. The predicted octanol–water partition coefficient (Wildman–Crippen LogP) is 1.98. The van der Waals surface area contributed by atoms with Crippen LogP contribution in [0.2, 0.25) is 0 Å². The van der Waals surface area contributed by atoms with Crippen molar-refractivity contribution in [3.63, 3.8) is 0 Å². The SMILES string of the molecule is CC(C)(C)OC(=O)N1CCc2sc3nc(C(=O)O)[nH]c(=O)c3c2C1. The topological polar surface area (TPSA) is 113 Å². The van der Waals surface area contributed by atoms with Crippen LogP contribution in [0.3, 0.4) is 0 Å². The fraction of sp³-hybridized carbons (Fsp3) is 0.467. The highest BCUT2D eigenvalue weighted by Crippen LogP contribution is 2.32. The molecule has 128 valence electrons. The number of aromatic carboxylic acids is 1. The fourth-order valence-electron chi connectivity index (χ4n) is 2.57. The lowest BCUT2D eigenvalue weighted by molar-refractivity contribution is 0.0226. The van der Waals surface area contributed by atoms with E-state index in [0.717, 1.165) is 10.4 Å². The molecule has 0 aliphatic carbocycles. The second kappa shape index (κ2) is 5.59. The van der Waals surface area contributed by atoms with Crippen molar-refractivity contribution in [2.45, 2.75) is 39.3 Å². The summed E-state index contributed by atoms with van der Waals surface area (Å²) in [5.41, 5.74) is -0.373. The Labute approximate surface area is 141 Å². The predicted molar refractivity (Wildman–Crippen MR) is 87.5 cm³/mol. The van der Waals surface area contributed by atoms with E-state index in [0.29, 0.717) is 23.2 Å². The molecule has 8 nitrogen and oxygen atoms in total. The van der Waals surface area contributed by atoms with Crippen LogP contribution in [0.1, 0.15) is 41.8 Å². The molecule has 2 N–H and O–H groups in total. The molecule has 0 fully saturated rings. The molecule has 0 aromatic carbocycles. The molecule has 3 heterocycles. The van der Waals surface area contributed by atoms with E-state index >= 15 is 0 Å². The van der Waals surface area contributed by atoms with Crippen LogP contribution in [0.15, 0.2) is 4.79 Å². The second-order valence-electron chi connectivity index (χ2n) is 6.56. The van der Waals surface area contributed by atoms with Gasteiger partial charge in [-0.25, -0.2) is 14.6 Å². The molecule has 0 saturated carbocycles. The van der Waals surface area contributed by atoms with Crippen molar-refractivity contribution in [2.24, 2.45) is 0 Å². The molecule has 2 aromatic rings. The zero-order chi connectivity index (χ0) is 17.6. The van der Waals surface area contributed by atoms with Gasteiger partial charge in [-0.1, -0.05) is 0 Å². The summed E-state index contributed by atoms with van der Waals surface area (Å²) in [6.45, 7) is 6.12. The molecule has 0 bridgehead atoms. The first-order valence-corrected chi connectivity index (χ1v) is 8.23. The molecule has 0 atom stereocenters. The van der Waals surface area contributed by atoms with Gasteiger partial charge in [0, 0.05) is 17.0 Å². The van der Waals surface area contributed by atoms with Crippen molar-refractivity contribution in [2.75, 3.05) is 6.54 Å². The number of ether oxygens (including phenoxy) is 1. The van der Waals surface area contributed by atoms with Crippen molar-refractivity contribution in [1.82, 2.24) is 14.9 Å². The quantitative estimate of drug-likeness (QED) is 0.812. The van der Waals surface area contributed by atoms with E-state index in [1.807, 2.05) is 0 Å². The number of aromatic amines is 1. The van der Waals surface area contributed by atoms with E-state index in [4.69, 9.17) is 9.84 Å². The normalized spacial score (nSPS) is 14.5. The van der Waals surface area contributed by atoms with Gasteiger partial charge in [0.15, 0.2) is 0 Å². The number of amides is 1. The lowest BCUT2D eigenvalue weighted by atomic mass is 10.1. The summed E-state index contributed by atoms with van der Waals surface area (Å²) in [7, 11) is 0. The van der Waals surface area contributed by atoms with E-state index in [1.54, 1.807) is 25.7 Å². The molecule has 24 heavy (non-hydrogen) atoms. The van der Waals surface area contributed by atoms with Crippen LogP contribution in [0, 0.1) is 0 Å². The monoisotopic (exact) mass is 351 g/mol. The number of H-pyrrole nitrogens is 1. The molecule has 1 aliphatic rings. The zero-order valence-electron chi connectivity index (χ0n) is 13.5. The highest BCUT2D eigenvalue weighted by Gasteiger charge is 2.29. The first kappa shape index (κ1) is 16.4. The van der Waals surface area contributed by atoms with E-state index in [2.05, 4.69) is 9.97 Å². The molecule has 0 radical (unpaired) electrons. The van der Waals surface area contributed by atoms with Gasteiger partial charge in [-0.3, -0.25) is 4.79 Å². The van der Waals surface area contributed by atoms with Crippen LogP contribution in [0.5, 0.6) is 0 Å². The van der Waals surface area contributed by atoms with Gasteiger partial charge in [-0.2, -0.15) is 0 Å².